The van der Waals surface area contributed by atoms with Crippen LogP contribution in [0.15, 0.2) is 67.0 Å². The molecule has 206 valence electrons. The van der Waals surface area contributed by atoms with Crippen molar-refractivity contribution in [2.45, 2.75) is 52.3 Å². The van der Waals surface area contributed by atoms with Crippen LogP contribution in [0.4, 0.5) is 0 Å². The first kappa shape index (κ1) is 28.3. The van der Waals surface area contributed by atoms with Crippen molar-refractivity contribution in [3.05, 3.63) is 89.2 Å². The standard InChI is InChI=1S/C31H34N6O3/c1-19(2)40-28-12-11-24(15-25(28)16-32)31(39)35-26(17-34-30(38)21(4)33)14-22-7-9-23(10-8-22)27-18-37-13-5-6-20(3)29(37)36-27/h5-13,15,18-19,21,26H,14,17,33H2,1-4H3,(H,34,38)(H,35,39). The van der Waals surface area contributed by atoms with E-state index in [9.17, 15) is 14.9 Å². The van der Waals surface area contributed by atoms with E-state index in [1.807, 2.05) is 74.0 Å². The van der Waals surface area contributed by atoms with E-state index in [0.29, 0.717) is 17.7 Å². The lowest BCUT2D eigenvalue weighted by Gasteiger charge is -2.21. The number of hydrogen-bond donors (Lipinski definition) is 3. The van der Waals surface area contributed by atoms with Crippen LogP contribution in [0.2, 0.25) is 0 Å². The molecule has 9 heteroatoms. The SMILES string of the molecule is Cc1cccn2cc(-c3ccc(CC(CNC(=O)C(C)N)NC(=O)c4ccc(OC(C)C)c(C#N)c4)cc3)nc12. The third kappa shape index (κ3) is 6.84. The van der Waals surface area contributed by atoms with E-state index in [4.69, 9.17) is 15.5 Å². The summed E-state index contributed by atoms with van der Waals surface area (Å²) in [6.45, 7) is 7.57. The third-order valence-electron chi connectivity index (χ3n) is 6.41. The fourth-order valence-corrected chi connectivity index (χ4v) is 4.33. The van der Waals surface area contributed by atoms with Crippen LogP contribution in [0.25, 0.3) is 16.9 Å². The molecule has 0 fully saturated rings. The predicted octanol–water partition coefficient (Wildman–Crippen LogP) is 3.77. The average Bonchev–Trinajstić information content (AvgIpc) is 3.37. The molecule has 0 aliphatic rings. The molecule has 2 unspecified atom stereocenters. The normalized spacial score (nSPS) is 12.5. The van der Waals surface area contributed by atoms with Gasteiger partial charge >= 0.3 is 0 Å². The van der Waals surface area contributed by atoms with Crippen LogP contribution >= 0.6 is 0 Å². The van der Waals surface area contributed by atoms with Gasteiger partial charge in [-0.25, -0.2) is 4.98 Å². The number of hydrogen-bond acceptors (Lipinski definition) is 6. The van der Waals surface area contributed by atoms with Gasteiger partial charge in [0.2, 0.25) is 5.91 Å². The topological polar surface area (TPSA) is 135 Å². The van der Waals surface area contributed by atoms with Crippen molar-refractivity contribution in [2.24, 2.45) is 5.73 Å². The number of aromatic nitrogens is 2. The molecule has 2 aromatic carbocycles. The van der Waals surface area contributed by atoms with Gasteiger partial charge in [0.05, 0.1) is 29.4 Å². The molecule has 2 heterocycles. The molecule has 2 aromatic heterocycles. The molecule has 40 heavy (non-hydrogen) atoms. The molecule has 0 radical (unpaired) electrons. The monoisotopic (exact) mass is 538 g/mol. The second-order valence-corrected chi connectivity index (χ2v) is 10.1. The Labute approximate surface area is 234 Å². The highest BCUT2D eigenvalue weighted by atomic mass is 16.5. The molecule has 0 aliphatic heterocycles. The maximum absolute atomic E-state index is 13.2. The molecule has 0 spiro atoms. The minimum Gasteiger partial charge on any atom is -0.490 e. The Morgan fingerprint density at radius 1 is 1.12 bits per heavy atom. The number of ether oxygens (including phenoxy) is 1. The van der Waals surface area contributed by atoms with Gasteiger partial charge in [-0.3, -0.25) is 9.59 Å². The fraction of sp³-hybridized carbons (Fsp3) is 0.290. The number of fused-ring (bicyclic) bond motifs is 1. The number of benzene rings is 2. The molecule has 9 nitrogen and oxygen atoms in total. The van der Waals surface area contributed by atoms with E-state index < -0.39 is 12.1 Å². The summed E-state index contributed by atoms with van der Waals surface area (Å²) in [5, 5.41) is 15.3. The summed E-state index contributed by atoms with van der Waals surface area (Å²) < 4.78 is 7.67. The van der Waals surface area contributed by atoms with Gasteiger partial charge in [-0.2, -0.15) is 5.26 Å². The van der Waals surface area contributed by atoms with Crippen molar-refractivity contribution in [3.8, 4) is 23.1 Å². The molecular weight excluding hydrogens is 504 g/mol. The predicted molar refractivity (Wildman–Crippen MR) is 154 cm³/mol. The lowest BCUT2D eigenvalue weighted by molar-refractivity contribution is -0.122. The maximum atomic E-state index is 13.2. The number of nitrogens with two attached hydrogens (primary N) is 1. The molecule has 0 saturated carbocycles. The molecule has 0 saturated heterocycles. The molecule has 0 aliphatic carbocycles. The van der Waals surface area contributed by atoms with Crippen molar-refractivity contribution in [3.63, 3.8) is 0 Å². The van der Waals surface area contributed by atoms with Gasteiger partial charge in [0.25, 0.3) is 5.91 Å². The highest BCUT2D eigenvalue weighted by Crippen LogP contribution is 2.23. The second-order valence-electron chi connectivity index (χ2n) is 10.1. The van der Waals surface area contributed by atoms with Gasteiger partial charge in [0.1, 0.15) is 17.5 Å². The summed E-state index contributed by atoms with van der Waals surface area (Å²) in [5.74, 6) is -0.237. The largest absolute Gasteiger partial charge is 0.490 e. The maximum Gasteiger partial charge on any atom is 0.251 e. The third-order valence-corrected chi connectivity index (χ3v) is 6.41. The Bertz CT molecular complexity index is 1550. The zero-order valence-electron chi connectivity index (χ0n) is 23.1. The number of rotatable bonds is 10. The smallest absolute Gasteiger partial charge is 0.251 e. The van der Waals surface area contributed by atoms with E-state index in [1.165, 1.54) is 6.07 Å². The number of nitrogens with zero attached hydrogens (tertiary/aromatic N) is 3. The molecule has 2 atom stereocenters. The zero-order chi connectivity index (χ0) is 28.8. The van der Waals surface area contributed by atoms with Crippen LogP contribution in [0.3, 0.4) is 0 Å². The molecule has 2 amide bonds. The van der Waals surface area contributed by atoms with Gasteiger partial charge in [0, 0.05) is 30.1 Å². The molecular formula is C31H34N6O3. The van der Waals surface area contributed by atoms with Gasteiger partial charge in [-0.1, -0.05) is 30.3 Å². The number of carbonyl (C=O) groups excluding carboxylic acids is 2. The first-order valence-electron chi connectivity index (χ1n) is 13.2. The Hall–Kier alpha value is -4.68. The molecule has 4 aromatic rings. The van der Waals surface area contributed by atoms with Crippen molar-refractivity contribution in [1.29, 1.82) is 5.26 Å². The number of nitriles is 1. The fourth-order valence-electron chi connectivity index (χ4n) is 4.33. The summed E-state index contributed by atoms with van der Waals surface area (Å²) in [6, 6.07) is 17.8. The van der Waals surface area contributed by atoms with Crippen molar-refractivity contribution >= 4 is 17.5 Å². The van der Waals surface area contributed by atoms with E-state index in [2.05, 4.69) is 16.7 Å². The second kappa shape index (κ2) is 12.5. The lowest BCUT2D eigenvalue weighted by atomic mass is 10.0. The molecule has 4 rings (SSSR count). The summed E-state index contributed by atoms with van der Waals surface area (Å²) in [4.78, 5) is 30.1. The highest BCUT2D eigenvalue weighted by Gasteiger charge is 2.19. The first-order valence-corrected chi connectivity index (χ1v) is 13.2. The Kier molecular flexibility index (Phi) is 8.82. The van der Waals surface area contributed by atoms with E-state index in [1.54, 1.807) is 19.1 Å². The number of imidazole rings is 1. The number of nitrogens with one attached hydrogen (secondary N) is 2. The number of carbonyl (C=O) groups is 2. The van der Waals surface area contributed by atoms with E-state index >= 15 is 0 Å². The summed E-state index contributed by atoms with van der Waals surface area (Å²) in [7, 11) is 0. The number of pyridine rings is 1. The van der Waals surface area contributed by atoms with Crippen LogP contribution in [0.5, 0.6) is 5.75 Å². The van der Waals surface area contributed by atoms with Crippen LogP contribution in [0.1, 0.15) is 47.8 Å². The van der Waals surface area contributed by atoms with Crippen LogP contribution in [-0.4, -0.2) is 45.9 Å². The number of amides is 2. The average molecular weight is 539 g/mol. The lowest BCUT2D eigenvalue weighted by Crippen LogP contribution is -2.48. The van der Waals surface area contributed by atoms with Crippen molar-refractivity contribution < 1.29 is 14.3 Å². The van der Waals surface area contributed by atoms with Crippen LogP contribution in [-0.2, 0) is 11.2 Å². The van der Waals surface area contributed by atoms with Crippen LogP contribution in [0, 0.1) is 18.3 Å². The van der Waals surface area contributed by atoms with E-state index in [-0.39, 0.29) is 30.0 Å². The minimum atomic E-state index is -0.670. The van der Waals surface area contributed by atoms with Crippen molar-refractivity contribution in [1.82, 2.24) is 20.0 Å². The number of aryl methyl sites for hydroxylation is 1. The van der Waals surface area contributed by atoms with E-state index in [0.717, 1.165) is 28.0 Å². The quantitative estimate of drug-likeness (QED) is 0.281. The summed E-state index contributed by atoms with van der Waals surface area (Å²) in [6.07, 6.45) is 4.33. The summed E-state index contributed by atoms with van der Waals surface area (Å²) in [5.41, 5.74) is 11.1. The first-order chi connectivity index (χ1) is 19.1. The Morgan fingerprint density at radius 3 is 2.52 bits per heavy atom. The van der Waals surface area contributed by atoms with Gasteiger partial charge < -0.3 is 25.5 Å². The minimum absolute atomic E-state index is 0.104. The van der Waals surface area contributed by atoms with Gasteiger partial charge in [0.15, 0.2) is 0 Å². The highest BCUT2D eigenvalue weighted by molar-refractivity contribution is 5.95. The summed E-state index contributed by atoms with van der Waals surface area (Å²) >= 11 is 0. The molecule has 0 bridgehead atoms. The van der Waals surface area contributed by atoms with Crippen molar-refractivity contribution in [2.75, 3.05) is 6.54 Å². The Morgan fingerprint density at radius 2 is 1.88 bits per heavy atom. The van der Waals surface area contributed by atoms with Gasteiger partial charge in [-0.05, 0) is 69.5 Å². The van der Waals surface area contributed by atoms with Gasteiger partial charge in [-0.15, -0.1) is 0 Å². The van der Waals surface area contributed by atoms with Crippen LogP contribution < -0.4 is 21.1 Å². The Balaban J connectivity index is 1.51. The zero-order valence-corrected chi connectivity index (χ0v) is 23.1. The molecule has 4 N–H and O–H groups in total.